The van der Waals surface area contributed by atoms with Gasteiger partial charge in [-0.05, 0) is 37.8 Å². The molecule has 0 bridgehead atoms. The van der Waals surface area contributed by atoms with Crippen molar-refractivity contribution in [2.75, 3.05) is 13.6 Å². The number of nitrogens with one attached hydrogen (secondary N) is 2. The van der Waals surface area contributed by atoms with Gasteiger partial charge in [0.2, 0.25) is 5.91 Å². The fraction of sp³-hybridized carbons (Fsp3) is 0.611. The van der Waals surface area contributed by atoms with Crippen LogP contribution < -0.4 is 10.6 Å². The van der Waals surface area contributed by atoms with Gasteiger partial charge < -0.3 is 10.6 Å². The van der Waals surface area contributed by atoms with Crippen molar-refractivity contribution in [2.45, 2.75) is 45.1 Å². The molecule has 0 aromatic heterocycles. The van der Waals surface area contributed by atoms with Crippen LogP contribution in [0.1, 0.15) is 38.2 Å². The zero-order valence-electron chi connectivity index (χ0n) is 13.3. The highest BCUT2D eigenvalue weighted by atomic mass is 16.1. The second-order valence-electron chi connectivity index (χ2n) is 6.31. The van der Waals surface area contributed by atoms with Gasteiger partial charge >= 0.3 is 0 Å². The first-order valence-corrected chi connectivity index (χ1v) is 8.19. The average molecular weight is 288 g/mol. The molecule has 2 rings (SSSR count). The fourth-order valence-electron chi connectivity index (χ4n) is 3.28. The summed E-state index contributed by atoms with van der Waals surface area (Å²) in [5.74, 6) is 0.801. The summed E-state index contributed by atoms with van der Waals surface area (Å²) in [5, 5.41) is 6.37. The van der Waals surface area contributed by atoms with Gasteiger partial charge in [0.1, 0.15) is 0 Å². The van der Waals surface area contributed by atoms with Crippen LogP contribution in [0.25, 0.3) is 0 Å². The van der Waals surface area contributed by atoms with E-state index in [4.69, 9.17) is 0 Å². The predicted molar refractivity (Wildman–Crippen MR) is 87.1 cm³/mol. The summed E-state index contributed by atoms with van der Waals surface area (Å²) in [6.07, 6.45) is 5.94. The van der Waals surface area contributed by atoms with Crippen LogP contribution in [0.5, 0.6) is 0 Å². The zero-order chi connectivity index (χ0) is 15.1. The van der Waals surface area contributed by atoms with E-state index in [1.54, 1.807) is 0 Å². The van der Waals surface area contributed by atoms with Crippen molar-refractivity contribution in [3.8, 4) is 0 Å². The molecule has 1 aliphatic carbocycles. The van der Waals surface area contributed by atoms with Crippen LogP contribution >= 0.6 is 0 Å². The molecule has 3 heteroatoms. The summed E-state index contributed by atoms with van der Waals surface area (Å²) in [5.41, 5.74) is 1.38. The molecule has 3 atom stereocenters. The largest absolute Gasteiger partial charge is 0.353 e. The minimum atomic E-state index is 0.0364. The third-order valence-electron chi connectivity index (χ3n) is 4.54. The number of carbonyl (C=O) groups is 1. The van der Waals surface area contributed by atoms with E-state index in [2.05, 4.69) is 41.0 Å². The van der Waals surface area contributed by atoms with Crippen molar-refractivity contribution < 1.29 is 4.79 Å². The molecule has 1 aromatic rings. The van der Waals surface area contributed by atoms with Crippen molar-refractivity contribution in [3.05, 3.63) is 35.9 Å². The van der Waals surface area contributed by atoms with Gasteiger partial charge in [0.15, 0.2) is 0 Å². The molecule has 2 N–H and O–H groups in total. The summed E-state index contributed by atoms with van der Waals surface area (Å²) >= 11 is 0. The van der Waals surface area contributed by atoms with Crippen LogP contribution in [0.2, 0.25) is 0 Å². The molecule has 1 saturated carbocycles. The first-order chi connectivity index (χ1) is 10.2. The molecule has 21 heavy (non-hydrogen) atoms. The average Bonchev–Trinajstić information content (AvgIpc) is 2.50. The van der Waals surface area contributed by atoms with Gasteiger partial charge in [0.25, 0.3) is 0 Å². The molecule has 0 spiro atoms. The highest BCUT2D eigenvalue weighted by Crippen LogP contribution is 2.27. The third kappa shape index (κ3) is 4.85. The molecular weight excluding hydrogens is 260 g/mol. The monoisotopic (exact) mass is 288 g/mol. The Morgan fingerprint density at radius 1 is 1.24 bits per heavy atom. The van der Waals surface area contributed by atoms with Crippen molar-refractivity contribution in [2.24, 2.45) is 11.8 Å². The van der Waals surface area contributed by atoms with Crippen LogP contribution in [0.3, 0.4) is 0 Å². The molecule has 0 aliphatic heterocycles. The van der Waals surface area contributed by atoms with Gasteiger partial charge in [0, 0.05) is 18.5 Å². The Labute approximate surface area is 128 Å². The van der Waals surface area contributed by atoms with Gasteiger partial charge in [-0.2, -0.15) is 0 Å². The van der Waals surface area contributed by atoms with E-state index in [0.29, 0.717) is 12.0 Å². The molecular formula is C18H28N2O. The maximum Gasteiger partial charge on any atom is 0.224 e. The molecule has 0 saturated heterocycles. The molecule has 3 nitrogen and oxygen atoms in total. The van der Waals surface area contributed by atoms with Crippen LogP contribution in [-0.2, 0) is 11.2 Å². The van der Waals surface area contributed by atoms with E-state index >= 15 is 0 Å². The van der Waals surface area contributed by atoms with E-state index in [9.17, 15) is 4.79 Å². The van der Waals surface area contributed by atoms with Crippen LogP contribution in [0.4, 0.5) is 0 Å². The number of benzene rings is 1. The highest BCUT2D eigenvalue weighted by Gasteiger charge is 2.27. The van der Waals surface area contributed by atoms with Gasteiger partial charge in [-0.15, -0.1) is 0 Å². The Morgan fingerprint density at radius 3 is 2.67 bits per heavy atom. The SMILES string of the molecule is CNCC(C)C(=O)NC1CCCCC1Cc1ccccc1. The molecule has 3 unspecified atom stereocenters. The maximum absolute atomic E-state index is 12.2. The molecule has 0 heterocycles. The summed E-state index contributed by atoms with van der Waals surface area (Å²) < 4.78 is 0. The Hall–Kier alpha value is -1.35. The van der Waals surface area contributed by atoms with Crippen molar-refractivity contribution in [3.63, 3.8) is 0 Å². The normalized spacial score (nSPS) is 23.5. The Morgan fingerprint density at radius 2 is 1.95 bits per heavy atom. The molecule has 1 amide bonds. The van der Waals surface area contributed by atoms with Crippen LogP contribution in [0.15, 0.2) is 30.3 Å². The third-order valence-corrected chi connectivity index (χ3v) is 4.54. The van der Waals surface area contributed by atoms with E-state index in [1.807, 2.05) is 14.0 Å². The lowest BCUT2D eigenvalue weighted by molar-refractivity contribution is -0.125. The van der Waals surface area contributed by atoms with E-state index in [1.165, 1.54) is 24.8 Å². The van der Waals surface area contributed by atoms with Gasteiger partial charge in [-0.3, -0.25) is 4.79 Å². The number of amides is 1. The van der Waals surface area contributed by atoms with E-state index < -0.39 is 0 Å². The highest BCUT2D eigenvalue weighted by molar-refractivity contribution is 5.78. The van der Waals surface area contributed by atoms with Crippen molar-refractivity contribution in [1.82, 2.24) is 10.6 Å². The summed E-state index contributed by atoms with van der Waals surface area (Å²) in [6.45, 7) is 2.72. The lowest BCUT2D eigenvalue weighted by Crippen LogP contribution is -2.46. The smallest absolute Gasteiger partial charge is 0.224 e. The van der Waals surface area contributed by atoms with Crippen molar-refractivity contribution >= 4 is 5.91 Å². The number of hydrogen-bond donors (Lipinski definition) is 2. The Kier molecular flexibility index (Phi) is 6.24. The standard InChI is InChI=1S/C18H28N2O/c1-14(13-19-2)18(21)20-17-11-7-6-10-16(17)12-15-8-4-3-5-9-15/h3-5,8-9,14,16-17,19H,6-7,10-13H2,1-2H3,(H,20,21). The molecule has 1 aliphatic rings. The number of carbonyl (C=O) groups excluding carboxylic acids is 1. The molecule has 116 valence electrons. The first kappa shape index (κ1) is 16.0. The summed E-state index contributed by atoms with van der Waals surface area (Å²) in [6, 6.07) is 11.0. The molecule has 1 aromatic carbocycles. The fourth-order valence-corrected chi connectivity index (χ4v) is 3.28. The Balaban J connectivity index is 1.94. The van der Waals surface area contributed by atoms with Crippen LogP contribution in [-0.4, -0.2) is 25.5 Å². The lowest BCUT2D eigenvalue weighted by Gasteiger charge is -2.33. The molecule has 1 fully saturated rings. The second-order valence-corrected chi connectivity index (χ2v) is 6.31. The Bertz CT molecular complexity index is 432. The molecule has 0 radical (unpaired) electrons. The first-order valence-electron chi connectivity index (χ1n) is 8.19. The minimum Gasteiger partial charge on any atom is -0.353 e. The number of hydrogen-bond acceptors (Lipinski definition) is 2. The predicted octanol–water partition coefficient (Wildman–Crippen LogP) is 2.76. The number of rotatable bonds is 6. The summed E-state index contributed by atoms with van der Waals surface area (Å²) in [4.78, 5) is 12.2. The van der Waals surface area contributed by atoms with Crippen molar-refractivity contribution in [1.29, 1.82) is 0 Å². The minimum absolute atomic E-state index is 0.0364. The lowest BCUT2D eigenvalue weighted by atomic mass is 9.80. The zero-order valence-corrected chi connectivity index (χ0v) is 13.3. The summed E-state index contributed by atoms with van der Waals surface area (Å²) in [7, 11) is 1.89. The van der Waals surface area contributed by atoms with Crippen LogP contribution in [0, 0.1) is 11.8 Å². The van der Waals surface area contributed by atoms with Gasteiger partial charge in [-0.1, -0.05) is 50.1 Å². The van der Waals surface area contributed by atoms with Gasteiger partial charge in [-0.25, -0.2) is 0 Å². The maximum atomic E-state index is 12.2. The second kappa shape index (κ2) is 8.18. The van der Waals surface area contributed by atoms with E-state index in [0.717, 1.165) is 19.4 Å². The van der Waals surface area contributed by atoms with Gasteiger partial charge in [0.05, 0.1) is 0 Å². The van der Waals surface area contributed by atoms with E-state index in [-0.39, 0.29) is 11.8 Å². The topological polar surface area (TPSA) is 41.1 Å². The quantitative estimate of drug-likeness (QED) is 0.845.